The third kappa shape index (κ3) is 65.1. The zero-order valence-corrected chi connectivity index (χ0v) is 60.9. The largest absolute Gasteiger partial charge is 0.472 e. The monoisotopic (exact) mass is 1340 g/mol. The third-order valence-electron chi connectivity index (χ3n) is 17.1. The molecule has 0 bridgehead atoms. The minimum absolute atomic E-state index is 0.106. The van der Waals surface area contributed by atoms with Crippen molar-refractivity contribution < 1.29 is 80.2 Å². The maximum atomic E-state index is 13.0. The molecule has 0 aliphatic carbocycles. The summed E-state index contributed by atoms with van der Waals surface area (Å²) in [5, 5.41) is 10.6. The van der Waals surface area contributed by atoms with Gasteiger partial charge in [-0.1, -0.05) is 318 Å². The standard InChI is InChI=1S/C72H140O17P2/c1-7-10-12-14-16-18-31-38-44-50-56-71(76)88-67(60-82-69(74)54-48-42-36-28-17-15-13-11-8-2)62-86-90(78,79)84-58-66(73)59-85-91(80,81)87-63-68(61-83-70(75)55-49-43-37-32-27-26-30-35-41-47-53-65(6)9-3)89-72(77)57-51-45-39-33-25-23-21-19-20-22-24-29-34-40-46-52-64(4)5/h64-68,73H,7-63H2,1-6H3,(H,78,79)(H,80,81)/t65?,66-,67+,68+/m0/s1. The van der Waals surface area contributed by atoms with Crippen molar-refractivity contribution in [3.05, 3.63) is 0 Å². The van der Waals surface area contributed by atoms with E-state index < -0.39 is 97.5 Å². The Labute approximate surface area is 556 Å². The van der Waals surface area contributed by atoms with E-state index in [0.717, 1.165) is 102 Å². The quantitative estimate of drug-likeness (QED) is 0.0222. The molecule has 0 aromatic heterocycles. The van der Waals surface area contributed by atoms with Gasteiger partial charge in [-0.15, -0.1) is 0 Å². The summed E-state index contributed by atoms with van der Waals surface area (Å²) in [5.74, 6) is -0.510. The first kappa shape index (κ1) is 89.1. The molecule has 19 heteroatoms. The Balaban J connectivity index is 5.22. The first-order chi connectivity index (χ1) is 43.9. The summed E-state index contributed by atoms with van der Waals surface area (Å²) >= 11 is 0. The van der Waals surface area contributed by atoms with E-state index in [2.05, 4.69) is 41.5 Å². The predicted octanol–water partition coefficient (Wildman–Crippen LogP) is 20.8. The number of hydrogen-bond donors (Lipinski definition) is 3. The molecule has 3 N–H and O–H groups in total. The van der Waals surface area contributed by atoms with Gasteiger partial charge >= 0.3 is 39.5 Å². The minimum atomic E-state index is -4.95. The number of rotatable bonds is 71. The summed E-state index contributed by atoms with van der Waals surface area (Å²) in [6.45, 7) is 9.60. The fraction of sp³-hybridized carbons (Fsp3) is 0.944. The second-order valence-corrected chi connectivity index (χ2v) is 29.6. The van der Waals surface area contributed by atoms with Crippen LogP contribution in [0.25, 0.3) is 0 Å². The van der Waals surface area contributed by atoms with Crippen LogP contribution in [0.1, 0.15) is 369 Å². The highest BCUT2D eigenvalue weighted by molar-refractivity contribution is 7.47. The van der Waals surface area contributed by atoms with Crippen LogP contribution >= 0.6 is 15.6 Å². The normalized spacial score (nSPS) is 14.4. The van der Waals surface area contributed by atoms with E-state index in [1.807, 2.05) is 0 Å². The molecule has 0 heterocycles. The Hall–Kier alpha value is -1.94. The fourth-order valence-corrected chi connectivity index (χ4v) is 12.5. The smallest absolute Gasteiger partial charge is 0.462 e. The van der Waals surface area contributed by atoms with Gasteiger partial charge in [0.1, 0.15) is 19.3 Å². The fourth-order valence-electron chi connectivity index (χ4n) is 10.9. The molecule has 91 heavy (non-hydrogen) atoms. The molecule has 3 unspecified atom stereocenters. The van der Waals surface area contributed by atoms with Crippen molar-refractivity contribution >= 4 is 39.5 Å². The molecule has 0 fully saturated rings. The number of carbonyl (C=O) groups is 4. The molecular weight excluding hydrogens is 1200 g/mol. The van der Waals surface area contributed by atoms with E-state index >= 15 is 0 Å². The number of esters is 4. The van der Waals surface area contributed by atoms with Crippen LogP contribution in [0.5, 0.6) is 0 Å². The van der Waals surface area contributed by atoms with Crippen LogP contribution in [0.2, 0.25) is 0 Å². The molecule has 0 saturated carbocycles. The molecule has 0 radical (unpaired) electrons. The van der Waals surface area contributed by atoms with Crippen molar-refractivity contribution in [2.45, 2.75) is 387 Å². The summed E-state index contributed by atoms with van der Waals surface area (Å²) in [6.07, 6.45) is 49.8. The Kier molecular flexibility index (Phi) is 62.7. The number of hydrogen-bond acceptors (Lipinski definition) is 15. The van der Waals surface area contributed by atoms with E-state index in [-0.39, 0.29) is 25.7 Å². The van der Waals surface area contributed by atoms with Gasteiger partial charge in [0.25, 0.3) is 0 Å². The van der Waals surface area contributed by atoms with Crippen molar-refractivity contribution in [2.75, 3.05) is 39.6 Å². The predicted molar refractivity (Wildman–Crippen MR) is 368 cm³/mol. The van der Waals surface area contributed by atoms with Crippen molar-refractivity contribution in [1.82, 2.24) is 0 Å². The van der Waals surface area contributed by atoms with Gasteiger partial charge in [-0.05, 0) is 37.5 Å². The Morgan fingerprint density at radius 3 is 0.835 bits per heavy atom. The van der Waals surface area contributed by atoms with Gasteiger partial charge in [0, 0.05) is 25.7 Å². The zero-order chi connectivity index (χ0) is 67.2. The highest BCUT2D eigenvalue weighted by Crippen LogP contribution is 2.45. The number of aliphatic hydroxyl groups excluding tert-OH is 1. The Morgan fingerprint density at radius 2 is 0.560 bits per heavy atom. The lowest BCUT2D eigenvalue weighted by atomic mass is 9.99. The second-order valence-electron chi connectivity index (χ2n) is 26.7. The molecule has 0 aliphatic heterocycles. The van der Waals surface area contributed by atoms with Gasteiger partial charge in [0.2, 0.25) is 0 Å². The highest BCUT2D eigenvalue weighted by Gasteiger charge is 2.30. The zero-order valence-electron chi connectivity index (χ0n) is 59.1. The van der Waals surface area contributed by atoms with Crippen molar-refractivity contribution in [2.24, 2.45) is 11.8 Å². The lowest BCUT2D eigenvalue weighted by Gasteiger charge is -2.21. The van der Waals surface area contributed by atoms with Crippen molar-refractivity contribution in [3.8, 4) is 0 Å². The second kappa shape index (κ2) is 64.1. The first-order valence-corrected chi connectivity index (χ1v) is 40.5. The molecule has 6 atom stereocenters. The summed E-state index contributed by atoms with van der Waals surface area (Å²) < 4.78 is 68.3. The third-order valence-corrected chi connectivity index (χ3v) is 19.0. The average Bonchev–Trinajstić information content (AvgIpc) is 3.69. The molecule has 17 nitrogen and oxygen atoms in total. The van der Waals surface area contributed by atoms with Gasteiger partial charge < -0.3 is 33.8 Å². The van der Waals surface area contributed by atoms with E-state index in [9.17, 15) is 43.2 Å². The molecule has 0 rings (SSSR count). The molecule has 0 amide bonds. The number of carbonyl (C=O) groups excluding carboxylic acids is 4. The highest BCUT2D eigenvalue weighted by atomic mass is 31.2. The lowest BCUT2D eigenvalue weighted by molar-refractivity contribution is -0.161. The summed E-state index contributed by atoms with van der Waals surface area (Å²) in [6, 6.07) is 0. The van der Waals surface area contributed by atoms with E-state index in [1.54, 1.807) is 0 Å². The Morgan fingerprint density at radius 1 is 0.319 bits per heavy atom. The summed E-state index contributed by atoms with van der Waals surface area (Å²) in [7, 11) is -9.90. The lowest BCUT2D eigenvalue weighted by Crippen LogP contribution is -2.30. The van der Waals surface area contributed by atoms with E-state index in [1.165, 1.54) is 186 Å². The van der Waals surface area contributed by atoms with E-state index in [0.29, 0.717) is 25.7 Å². The van der Waals surface area contributed by atoms with Crippen LogP contribution in [0.4, 0.5) is 0 Å². The van der Waals surface area contributed by atoms with Gasteiger partial charge in [-0.3, -0.25) is 37.3 Å². The number of ether oxygens (including phenoxy) is 4. The summed E-state index contributed by atoms with van der Waals surface area (Å²) in [5.41, 5.74) is 0. The van der Waals surface area contributed by atoms with Crippen molar-refractivity contribution in [1.29, 1.82) is 0 Å². The van der Waals surface area contributed by atoms with Crippen LogP contribution in [-0.4, -0.2) is 96.7 Å². The van der Waals surface area contributed by atoms with Crippen LogP contribution < -0.4 is 0 Å². The van der Waals surface area contributed by atoms with Gasteiger partial charge in [-0.25, -0.2) is 9.13 Å². The van der Waals surface area contributed by atoms with Gasteiger partial charge in [0.05, 0.1) is 26.4 Å². The molecule has 0 aliphatic rings. The van der Waals surface area contributed by atoms with Crippen LogP contribution in [0.15, 0.2) is 0 Å². The Bertz CT molecular complexity index is 1770. The number of aliphatic hydroxyl groups is 1. The van der Waals surface area contributed by atoms with Crippen molar-refractivity contribution in [3.63, 3.8) is 0 Å². The number of phosphoric acid groups is 2. The van der Waals surface area contributed by atoms with Gasteiger partial charge in [0.15, 0.2) is 12.2 Å². The molecule has 0 aromatic carbocycles. The number of unbranched alkanes of at least 4 members (excludes halogenated alkanes) is 40. The molecular formula is C72H140O17P2. The molecule has 540 valence electrons. The maximum absolute atomic E-state index is 13.0. The van der Waals surface area contributed by atoms with E-state index in [4.69, 9.17) is 37.0 Å². The van der Waals surface area contributed by atoms with Crippen LogP contribution in [0, 0.1) is 11.8 Å². The molecule has 0 spiro atoms. The molecule has 0 aromatic rings. The summed E-state index contributed by atoms with van der Waals surface area (Å²) in [4.78, 5) is 72.5. The molecule has 0 saturated heterocycles. The minimum Gasteiger partial charge on any atom is -0.462 e. The van der Waals surface area contributed by atoms with Gasteiger partial charge in [-0.2, -0.15) is 0 Å². The maximum Gasteiger partial charge on any atom is 0.472 e. The first-order valence-electron chi connectivity index (χ1n) is 37.5. The number of phosphoric ester groups is 2. The topological polar surface area (TPSA) is 237 Å². The van der Waals surface area contributed by atoms with Crippen LogP contribution in [0.3, 0.4) is 0 Å². The SMILES string of the molecule is CCCCCCCCCCCCC(=O)O[C@H](COC(=O)CCCCCCCCCCC)COP(=O)(O)OC[C@H](O)COP(=O)(O)OC[C@@H](COC(=O)CCCCCCCCCCCCC(C)CC)OC(=O)CCCCCCCCCCCCCCCCCC(C)C. The van der Waals surface area contributed by atoms with Crippen LogP contribution in [-0.2, 0) is 65.4 Å². The average molecular weight is 1340 g/mol.